The molecule has 0 aliphatic carbocycles. The van der Waals surface area contributed by atoms with Crippen LogP contribution in [-0.4, -0.2) is 50.3 Å². The van der Waals surface area contributed by atoms with E-state index in [-0.39, 0.29) is 43.1 Å². The minimum Gasteiger partial charge on any atom is -0.458 e. The lowest BCUT2D eigenvalue weighted by molar-refractivity contribution is 0.0503. The molecule has 0 saturated carbocycles. The molecule has 0 atom stereocenters. The number of ether oxygens (including phenoxy) is 4. The Labute approximate surface area is 209 Å². The highest BCUT2D eigenvalue weighted by molar-refractivity contribution is 6.03. The van der Waals surface area contributed by atoms with Crippen LogP contribution in [0.2, 0.25) is 0 Å². The number of carbonyl (C=O) groups excluding carboxylic acids is 4. The highest BCUT2D eigenvalue weighted by atomic mass is 16.5. The third-order valence-electron chi connectivity index (χ3n) is 4.46. The van der Waals surface area contributed by atoms with E-state index in [1.807, 2.05) is 0 Å². The minimum atomic E-state index is -0.709. The molecule has 0 spiro atoms. The van der Waals surface area contributed by atoms with E-state index < -0.39 is 23.9 Å². The van der Waals surface area contributed by atoms with Gasteiger partial charge in [-0.05, 0) is 48.0 Å². The van der Waals surface area contributed by atoms with Crippen molar-refractivity contribution in [3.8, 4) is 0 Å². The smallest absolute Gasteiger partial charge is 0.339 e. The Bertz CT molecular complexity index is 1160. The summed E-state index contributed by atoms with van der Waals surface area (Å²) in [6.45, 7) is 10.5. The molecular weight excluding hydrogens is 464 g/mol. The molecule has 2 rings (SSSR count). The Balaban J connectivity index is 2.04. The number of carbonyl (C=O) groups is 4. The van der Waals surface area contributed by atoms with Gasteiger partial charge in [-0.2, -0.15) is 0 Å². The van der Waals surface area contributed by atoms with E-state index in [0.717, 1.165) is 0 Å². The van der Waals surface area contributed by atoms with E-state index in [1.54, 1.807) is 18.2 Å². The molecule has 8 heteroatoms. The lowest BCUT2D eigenvalue weighted by Gasteiger charge is -2.09. The fourth-order valence-corrected chi connectivity index (χ4v) is 2.79. The Hall–Kier alpha value is -4.72. The van der Waals surface area contributed by atoms with Crippen LogP contribution in [0.5, 0.6) is 0 Å². The van der Waals surface area contributed by atoms with Crippen LogP contribution in [-0.2, 0) is 18.9 Å². The summed E-state index contributed by atoms with van der Waals surface area (Å²) in [5.41, 5.74) is 1.20. The summed E-state index contributed by atoms with van der Waals surface area (Å²) in [7, 11) is 0. The first kappa shape index (κ1) is 27.5. The maximum Gasteiger partial charge on any atom is 0.339 e. The predicted octanol–water partition coefficient (Wildman–Crippen LogP) is 4.59. The highest BCUT2D eigenvalue weighted by Crippen LogP contribution is 2.17. The number of rotatable bonds is 13. The van der Waals surface area contributed by atoms with E-state index in [0.29, 0.717) is 11.1 Å². The first-order valence-electron chi connectivity index (χ1n) is 10.8. The lowest BCUT2D eigenvalue weighted by atomic mass is 10.0. The SMILES string of the molecule is C=CCOC(=O)c1ccc(C(=O)OC/C=C\c2ccc(C(=O)OCC=C)c(C(=O)OCC=C)c2)cc1. The van der Waals surface area contributed by atoms with Crippen molar-refractivity contribution in [3.63, 3.8) is 0 Å². The van der Waals surface area contributed by atoms with E-state index in [4.69, 9.17) is 18.9 Å². The van der Waals surface area contributed by atoms with Crippen molar-refractivity contribution in [1.29, 1.82) is 0 Å². The summed E-state index contributed by atoms with van der Waals surface area (Å²) in [6.07, 6.45) is 7.48. The summed E-state index contributed by atoms with van der Waals surface area (Å²) in [4.78, 5) is 48.8. The zero-order chi connectivity index (χ0) is 26.3. The maximum atomic E-state index is 12.4. The van der Waals surface area contributed by atoms with E-state index >= 15 is 0 Å². The van der Waals surface area contributed by atoms with Crippen LogP contribution in [0.25, 0.3) is 6.08 Å². The number of hydrogen-bond acceptors (Lipinski definition) is 8. The molecule has 0 aliphatic heterocycles. The summed E-state index contributed by atoms with van der Waals surface area (Å²) in [5.74, 6) is -2.51. The van der Waals surface area contributed by atoms with Gasteiger partial charge in [-0.15, -0.1) is 0 Å². The van der Waals surface area contributed by atoms with Gasteiger partial charge in [0.1, 0.15) is 26.4 Å². The molecule has 0 aromatic heterocycles. The van der Waals surface area contributed by atoms with E-state index in [9.17, 15) is 19.2 Å². The summed E-state index contributed by atoms with van der Waals surface area (Å²) < 4.78 is 20.2. The fourth-order valence-electron chi connectivity index (χ4n) is 2.79. The van der Waals surface area contributed by atoms with Gasteiger partial charge in [0.15, 0.2) is 0 Å². The second-order valence-electron chi connectivity index (χ2n) is 7.04. The van der Waals surface area contributed by atoms with Crippen LogP contribution in [0.15, 0.2) is 86.5 Å². The molecule has 0 saturated heterocycles. The first-order valence-corrected chi connectivity index (χ1v) is 10.8. The predicted molar refractivity (Wildman–Crippen MR) is 134 cm³/mol. The number of benzene rings is 2. The molecular formula is C28H26O8. The van der Waals surface area contributed by atoms with Crippen molar-refractivity contribution >= 4 is 30.0 Å². The van der Waals surface area contributed by atoms with Gasteiger partial charge in [0.05, 0.1) is 22.3 Å². The van der Waals surface area contributed by atoms with Crippen molar-refractivity contribution in [2.24, 2.45) is 0 Å². The van der Waals surface area contributed by atoms with Gasteiger partial charge in [0.25, 0.3) is 0 Å². The Morgan fingerprint density at radius 2 is 1.03 bits per heavy atom. The molecule has 2 aromatic rings. The lowest BCUT2D eigenvalue weighted by Crippen LogP contribution is -2.14. The van der Waals surface area contributed by atoms with Crippen LogP contribution < -0.4 is 0 Å². The second-order valence-corrected chi connectivity index (χ2v) is 7.04. The van der Waals surface area contributed by atoms with Gasteiger partial charge in [-0.1, -0.05) is 50.1 Å². The van der Waals surface area contributed by atoms with Gasteiger partial charge >= 0.3 is 23.9 Å². The van der Waals surface area contributed by atoms with Gasteiger partial charge < -0.3 is 18.9 Å². The second kappa shape index (κ2) is 14.5. The summed E-state index contributed by atoms with van der Waals surface area (Å²) >= 11 is 0. The van der Waals surface area contributed by atoms with Crippen molar-refractivity contribution in [1.82, 2.24) is 0 Å². The largest absolute Gasteiger partial charge is 0.458 e. The summed E-state index contributed by atoms with van der Waals surface area (Å²) in [5, 5.41) is 0. The molecule has 0 bridgehead atoms. The normalized spacial score (nSPS) is 10.2. The molecule has 36 heavy (non-hydrogen) atoms. The Morgan fingerprint density at radius 3 is 1.53 bits per heavy atom. The molecule has 0 unspecified atom stereocenters. The van der Waals surface area contributed by atoms with E-state index in [2.05, 4.69) is 19.7 Å². The Morgan fingerprint density at radius 1 is 0.583 bits per heavy atom. The molecule has 0 aliphatic rings. The van der Waals surface area contributed by atoms with Gasteiger partial charge in [-0.3, -0.25) is 0 Å². The Kier molecular flexibility index (Phi) is 11.1. The zero-order valence-corrected chi connectivity index (χ0v) is 19.6. The van der Waals surface area contributed by atoms with Gasteiger partial charge in [0.2, 0.25) is 0 Å². The van der Waals surface area contributed by atoms with E-state index in [1.165, 1.54) is 54.6 Å². The van der Waals surface area contributed by atoms with Gasteiger partial charge in [0, 0.05) is 0 Å². The van der Waals surface area contributed by atoms with Crippen molar-refractivity contribution in [2.45, 2.75) is 0 Å². The van der Waals surface area contributed by atoms with Crippen LogP contribution in [0, 0.1) is 0 Å². The quantitative estimate of drug-likeness (QED) is 0.228. The number of hydrogen-bond donors (Lipinski definition) is 0. The molecule has 2 aromatic carbocycles. The topological polar surface area (TPSA) is 105 Å². The van der Waals surface area contributed by atoms with Crippen LogP contribution in [0.3, 0.4) is 0 Å². The van der Waals surface area contributed by atoms with Crippen molar-refractivity contribution in [2.75, 3.05) is 26.4 Å². The standard InChI is InChI=1S/C28H26O8/c1-4-15-33-25(29)21-10-12-22(13-11-21)26(30)36-18-7-8-20-9-14-23(27(31)34-16-5-2)24(19-20)28(32)35-17-6-3/h4-14,19H,1-3,15-18H2/b8-7-. The molecule has 8 nitrogen and oxygen atoms in total. The van der Waals surface area contributed by atoms with Crippen molar-refractivity contribution in [3.05, 3.63) is 114 Å². The fraction of sp³-hybridized carbons (Fsp3) is 0.143. The highest BCUT2D eigenvalue weighted by Gasteiger charge is 2.19. The monoisotopic (exact) mass is 490 g/mol. The first-order chi connectivity index (χ1) is 17.4. The van der Waals surface area contributed by atoms with Crippen LogP contribution in [0.4, 0.5) is 0 Å². The average molecular weight is 491 g/mol. The van der Waals surface area contributed by atoms with Gasteiger partial charge in [-0.25, -0.2) is 19.2 Å². The molecule has 0 radical (unpaired) electrons. The molecule has 0 heterocycles. The molecule has 186 valence electrons. The van der Waals surface area contributed by atoms with Crippen LogP contribution in [0.1, 0.15) is 47.0 Å². The summed E-state index contributed by atoms with van der Waals surface area (Å²) in [6, 6.07) is 10.4. The third kappa shape index (κ3) is 8.25. The third-order valence-corrected chi connectivity index (χ3v) is 4.46. The molecule has 0 amide bonds. The number of esters is 4. The molecule has 0 N–H and O–H groups in total. The molecule has 0 fully saturated rings. The van der Waals surface area contributed by atoms with Crippen molar-refractivity contribution < 1.29 is 38.1 Å². The van der Waals surface area contributed by atoms with Crippen LogP contribution >= 0.6 is 0 Å². The minimum absolute atomic E-state index is 0.00484. The maximum absolute atomic E-state index is 12.4. The average Bonchev–Trinajstić information content (AvgIpc) is 2.91. The zero-order valence-electron chi connectivity index (χ0n) is 19.6.